The van der Waals surface area contributed by atoms with Gasteiger partial charge in [0.15, 0.2) is 0 Å². The van der Waals surface area contributed by atoms with Gasteiger partial charge in [0.1, 0.15) is 0 Å². The molecule has 1 saturated heterocycles. The number of benzene rings is 1. The molecule has 2 rings (SSSR count). The van der Waals surface area contributed by atoms with Crippen LogP contribution in [0.3, 0.4) is 0 Å². The second-order valence-electron chi connectivity index (χ2n) is 6.53. The van der Waals surface area contributed by atoms with Crippen LogP contribution >= 0.6 is 0 Å². The van der Waals surface area contributed by atoms with Crippen LogP contribution in [0.1, 0.15) is 64.4 Å². The molecule has 0 spiro atoms. The fourth-order valence-electron chi connectivity index (χ4n) is 4.02. The molecule has 0 aliphatic carbocycles. The highest BCUT2D eigenvalue weighted by molar-refractivity contribution is 5.26. The Morgan fingerprint density at radius 3 is 2.19 bits per heavy atom. The summed E-state index contributed by atoms with van der Waals surface area (Å²) >= 11 is 0. The molecular formula is C19H32N2. The van der Waals surface area contributed by atoms with Gasteiger partial charge in [-0.25, -0.2) is 0 Å². The lowest BCUT2D eigenvalue weighted by Crippen LogP contribution is -2.56. The van der Waals surface area contributed by atoms with Crippen LogP contribution in [0.2, 0.25) is 0 Å². The maximum atomic E-state index is 7.02. The lowest BCUT2D eigenvalue weighted by Gasteiger charge is -2.44. The highest BCUT2D eigenvalue weighted by atomic mass is 15.2. The second kappa shape index (κ2) is 7.95. The van der Waals surface area contributed by atoms with Crippen LogP contribution in [0.5, 0.6) is 0 Å². The first-order chi connectivity index (χ1) is 10.2. The quantitative estimate of drug-likeness (QED) is 0.846. The maximum absolute atomic E-state index is 7.02. The molecule has 1 aliphatic rings. The Morgan fingerprint density at radius 1 is 1.05 bits per heavy atom. The summed E-state index contributed by atoms with van der Waals surface area (Å²) in [7, 11) is 0. The largest absolute Gasteiger partial charge is 0.320 e. The number of nitrogens with zero attached hydrogens (tertiary/aromatic N) is 1. The topological polar surface area (TPSA) is 29.3 Å². The van der Waals surface area contributed by atoms with E-state index < -0.39 is 0 Å². The lowest BCUT2D eigenvalue weighted by atomic mass is 9.78. The molecule has 0 radical (unpaired) electrons. The Hall–Kier alpha value is -0.860. The van der Waals surface area contributed by atoms with Crippen LogP contribution in [0, 0.1) is 0 Å². The molecule has 2 unspecified atom stereocenters. The molecule has 1 heterocycles. The van der Waals surface area contributed by atoms with E-state index in [-0.39, 0.29) is 5.54 Å². The summed E-state index contributed by atoms with van der Waals surface area (Å²) < 4.78 is 0. The Balaban J connectivity index is 2.28. The highest BCUT2D eigenvalue weighted by Crippen LogP contribution is 2.33. The fraction of sp³-hybridized carbons (Fsp3) is 0.684. The van der Waals surface area contributed by atoms with Crippen molar-refractivity contribution in [1.29, 1.82) is 0 Å². The predicted octanol–water partition coefficient (Wildman–Crippen LogP) is 4.30. The van der Waals surface area contributed by atoms with Gasteiger partial charge >= 0.3 is 0 Å². The van der Waals surface area contributed by atoms with Gasteiger partial charge in [0.2, 0.25) is 0 Å². The monoisotopic (exact) mass is 288 g/mol. The van der Waals surface area contributed by atoms with E-state index in [1.165, 1.54) is 44.3 Å². The van der Waals surface area contributed by atoms with E-state index in [0.29, 0.717) is 6.04 Å². The van der Waals surface area contributed by atoms with Gasteiger partial charge < -0.3 is 5.73 Å². The maximum Gasteiger partial charge on any atom is 0.0567 e. The summed E-state index contributed by atoms with van der Waals surface area (Å²) in [5.74, 6) is 0. The second-order valence-corrected chi connectivity index (χ2v) is 6.53. The van der Waals surface area contributed by atoms with Gasteiger partial charge in [-0.05, 0) is 44.3 Å². The summed E-state index contributed by atoms with van der Waals surface area (Å²) in [5, 5.41) is 0. The minimum absolute atomic E-state index is 0.213. The molecule has 0 saturated carbocycles. The first kappa shape index (κ1) is 16.5. The van der Waals surface area contributed by atoms with E-state index in [2.05, 4.69) is 49.1 Å². The molecule has 2 N–H and O–H groups in total. The Labute approximate surface area is 130 Å². The summed E-state index contributed by atoms with van der Waals surface area (Å²) in [4.78, 5) is 2.68. The standard InChI is InChI=1S/C19H32N2/c1-3-14-19(20,17-12-8-7-9-13-17)18(4-2)21-15-10-5-6-11-16-21/h7-9,12-13,18H,3-6,10-11,14-16,20H2,1-2H3. The van der Waals surface area contributed by atoms with Gasteiger partial charge in [-0.15, -0.1) is 0 Å². The number of nitrogens with two attached hydrogens (primary N) is 1. The predicted molar refractivity (Wildman–Crippen MR) is 91.3 cm³/mol. The van der Waals surface area contributed by atoms with Crippen LogP contribution in [0.4, 0.5) is 0 Å². The van der Waals surface area contributed by atoms with Gasteiger partial charge in [-0.1, -0.05) is 63.4 Å². The van der Waals surface area contributed by atoms with Crippen LogP contribution in [0.25, 0.3) is 0 Å². The normalized spacial score (nSPS) is 21.5. The Morgan fingerprint density at radius 2 is 1.67 bits per heavy atom. The van der Waals surface area contributed by atoms with Crippen molar-refractivity contribution in [1.82, 2.24) is 4.90 Å². The van der Waals surface area contributed by atoms with Crippen molar-refractivity contribution in [2.45, 2.75) is 70.4 Å². The molecule has 1 aromatic rings. The Bertz CT molecular complexity index is 395. The number of hydrogen-bond acceptors (Lipinski definition) is 2. The van der Waals surface area contributed by atoms with Crippen molar-refractivity contribution >= 4 is 0 Å². The molecule has 0 amide bonds. The van der Waals surface area contributed by atoms with Crippen LogP contribution in [-0.4, -0.2) is 24.0 Å². The van der Waals surface area contributed by atoms with Crippen molar-refractivity contribution in [3.8, 4) is 0 Å². The fourth-order valence-corrected chi connectivity index (χ4v) is 4.02. The first-order valence-corrected chi connectivity index (χ1v) is 8.80. The van der Waals surface area contributed by atoms with Gasteiger partial charge in [0.25, 0.3) is 0 Å². The SMILES string of the molecule is CCCC(N)(c1ccccc1)C(CC)N1CCCCCC1. The van der Waals surface area contributed by atoms with Crippen LogP contribution in [-0.2, 0) is 5.54 Å². The third-order valence-corrected chi connectivity index (χ3v) is 5.04. The zero-order valence-electron chi connectivity index (χ0n) is 13.9. The van der Waals surface area contributed by atoms with Gasteiger partial charge in [0, 0.05) is 6.04 Å². The van der Waals surface area contributed by atoms with E-state index in [9.17, 15) is 0 Å². The van der Waals surface area contributed by atoms with Crippen molar-refractivity contribution < 1.29 is 0 Å². The molecule has 1 fully saturated rings. The van der Waals surface area contributed by atoms with E-state index in [1.54, 1.807) is 0 Å². The zero-order valence-corrected chi connectivity index (χ0v) is 13.9. The minimum atomic E-state index is -0.213. The van der Waals surface area contributed by atoms with Crippen molar-refractivity contribution in [3.63, 3.8) is 0 Å². The molecule has 21 heavy (non-hydrogen) atoms. The minimum Gasteiger partial charge on any atom is -0.320 e. The average molecular weight is 288 g/mol. The summed E-state index contributed by atoms with van der Waals surface area (Å²) in [6, 6.07) is 11.2. The molecule has 0 bridgehead atoms. The van der Waals surface area contributed by atoms with Crippen molar-refractivity contribution in [2.75, 3.05) is 13.1 Å². The smallest absolute Gasteiger partial charge is 0.0567 e. The zero-order chi connectivity index (χ0) is 15.1. The third-order valence-electron chi connectivity index (χ3n) is 5.04. The van der Waals surface area contributed by atoms with E-state index in [0.717, 1.165) is 19.3 Å². The molecule has 0 aromatic heterocycles. The Kier molecular flexibility index (Phi) is 6.25. The van der Waals surface area contributed by atoms with Gasteiger partial charge in [0.05, 0.1) is 5.54 Å². The third kappa shape index (κ3) is 3.87. The number of likely N-dealkylation sites (tertiary alicyclic amines) is 1. The van der Waals surface area contributed by atoms with E-state index in [1.807, 2.05) is 0 Å². The molecular weight excluding hydrogens is 256 g/mol. The van der Waals surface area contributed by atoms with E-state index in [4.69, 9.17) is 5.73 Å². The van der Waals surface area contributed by atoms with E-state index >= 15 is 0 Å². The number of rotatable bonds is 6. The van der Waals surface area contributed by atoms with Crippen molar-refractivity contribution in [3.05, 3.63) is 35.9 Å². The first-order valence-electron chi connectivity index (χ1n) is 8.80. The molecule has 2 heteroatoms. The average Bonchev–Trinajstić information content (AvgIpc) is 2.78. The molecule has 1 aromatic carbocycles. The molecule has 2 nitrogen and oxygen atoms in total. The van der Waals surface area contributed by atoms with Gasteiger partial charge in [-0.2, -0.15) is 0 Å². The molecule has 1 aliphatic heterocycles. The van der Waals surface area contributed by atoms with Crippen LogP contribution in [0.15, 0.2) is 30.3 Å². The van der Waals surface area contributed by atoms with Crippen LogP contribution < -0.4 is 5.73 Å². The van der Waals surface area contributed by atoms with Crippen molar-refractivity contribution in [2.24, 2.45) is 5.73 Å². The van der Waals surface area contributed by atoms with Gasteiger partial charge in [-0.3, -0.25) is 4.90 Å². The summed E-state index contributed by atoms with van der Waals surface area (Å²) in [5.41, 5.74) is 8.12. The number of hydrogen-bond donors (Lipinski definition) is 1. The summed E-state index contributed by atoms with van der Waals surface area (Å²) in [6.45, 7) is 6.98. The molecule has 118 valence electrons. The highest BCUT2D eigenvalue weighted by Gasteiger charge is 2.38. The molecule has 2 atom stereocenters. The lowest BCUT2D eigenvalue weighted by molar-refractivity contribution is 0.110. The summed E-state index contributed by atoms with van der Waals surface area (Å²) in [6.07, 6.45) is 8.74.